The number of barbiturate groups is 1. The lowest BCUT2D eigenvalue weighted by Gasteiger charge is -2.27. The second kappa shape index (κ2) is 10.4. The maximum Gasteiger partial charge on any atom is 0.335 e. The van der Waals surface area contributed by atoms with Crippen molar-refractivity contribution in [2.24, 2.45) is 0 Å². The number of rotatable bonds is 6. The van der Waals surface area contributed by atoms with Gasteiger partial charge in [-0.15, -0.1) is 0 Å². The van der Waals surface area contributed by atoms with E-state index in [1.807, 2.05) is 6.92 Å². The van der Waals surface area contributed by atoms with E-state index in [0.29, 0.717) is 27.0 Å². The van der Waals surface area contributed by atoms with E-state index < -0.39 is 22.8 Å². The molecule has 0 spiro atoms. The third-order valence-corrected chi connectivity index (χ3v) is 6.70. The number of amides is 4. The molecule has 0 saturated carbocycles. The molecule has 1 aliphatic rings. The van der Waals surface area contributed by atoms with Crippen LogP contribution in [0.25, 0.3) is 6.08 Å². The molecule has 3 aromatic rings. The summed E-state index contributed by atoms with van der Waals surface area (Å²) in [5, 5.41) is 13.1. The quantitative estimate of drug-likeness (QED) is 0.165. The molecule has 1 aliphatic heterocycles. The summed E-state index contributed by atoms with van der Waals surface area (Å²) in [5.74, 6) is -1.23. The van der Waals surface area contributed by atoms with Crippen molar-refractivity contribution in [1.29, 1.82) is 0 Å². The molecule has 0 aliphatic carbocycles. The second-order valence-electron chi connectivity index (χ2n) is 7.79. The average molecular weight is 615 g/mol. The van der Waals surface area contributed by atoms with Gasteiger partial charge in [0.1, 0.15) is 17.9 Å². The number of imide groups is 2. The van der Waals surface area contributed by atoms with Crippen LogP contribution in [0.5, 0.6) is 5.75 Å². The predicted octanol–water partition coefficient (Wildman–Crippen LogP) is 5.67. The maximum atomic E-state index is 13.3. The summed E-state index contributed by atoms with van der Waals surface area (Å²) in [5.41, 5.74) is 1.97. The van der Waals surface area contributed by atoms with Gasteiger partial charge in [-0.2, -0.15) is 0 Å². The van der Waals surface area contributed by atoms with E-state index in [2.05, 4.69) is 37.2 Å². The largest absolute Gasteiger partial charge is 0.488 e. The average Bonchev–Trinajstić information content (AvgIpc) is 2.83. The van der Waals surface area contributed by atoms with Crippen molar-refractivity contribution in [2.45, 2.75) is 13.5 Å². The van der Waals surface area contributed by atoms with Gasteiger partial charge in [0.05, 0.1) is 10.6 Å². The lowest BCUT2D eigenvalue weighted by molar-refractivity contribution is -0.384. The third-order valence-electron chi connectivity index (χ3n) is 5.31. The zero-order valence-electron chi connectivity index (χ0n) is 18.7. The van der Waals surface area contributed by atoms with Gasteiger partial charge in [-0.05, 0) is 72.7 Å². The molecule has 1 N–H and O–H groups in total. The molecule has 9 nitrogen and oxygen atoms in total. The van der Waals surface area contributed by atoms with E-state index in [9.17, 15) is 24.5 Å². The first kappa shape index (κ1) is 25.3. The first-order valence-corrected chi connectivity index (χ1v) is 12.1. The molecular weight excluding hydrogens is 598 g/mol. The van der Waals surface area contributed by atoms with Crippen LogP contribution in [0.2, 0.25) is 0 Å². The zero-order valence-corrected chi connectivity index (χ0v) is 21.8. The molecule has 11 heteroatoms. The number of aryl methyl sites for hydroxylation is 1. The highest BCUT2D eigenvalue weighted by Crippen LogP contribution is 2.30. The molecule has 1 saturated heterocycles. The highest BCUT2D eigenvalue weighted by atomic mass is 79.9. The summed E-state index contributed by atoms with van der Waals surface area (Å²) >= 11 is 6.77. The topological polar surface area (TPSA) is 119 Å². The van der Waals surface area contributed by atoms with Crippen LogP contribution in [0.1, 0.15) is 16.7 Å². The number of nitrogens with one attached hydrogen (secondary N) is 1. The molecule has 182 valence electrons. The number of halogens is 2. The standard InChI is InChI=1S/C25H17Br2N3O6/c1-14-10-19(7-8-21(14)27)29-24(32)20(23(31)28-25(29)33)12-16-11-17(26)4-9-22(16)36-13-15-2-5-18(6-3-15)30(34)35/h2-12H,13H2,1H3,(H,28,31,33)/b20-12+. The normalized spacial score (nSPS) is 14.7. The SMILES string of the molecule is Cc1cc(N2C(=O)NC(=O)/C(=C\c3cc(Br)ccc3OCc3ccc([N+](=O)[O-])cc3)C2=O)ccc1Br. The van der Waals surface area contributed by atoms with Crippen LogP contribution in [0.15, 0.2) is 75.2 Å². The van der Waals surface area contributed by atoms with Gasteiger partial charge in [0.2, 0.25) is 0 Å². The zero-order chi connectivity index (χ0) is 26.0. The summed E-state index contributed by atoms with van der Waals surface area (Å²) in [6.45, 7) is 1.91. The molecule has 0 radical (unpaired) electrons. The Morgan fingerprint density at radius 3 is 2.42 bits per heavy atom. The number of ether oxygens (including phenoxy) is 1. The van der Waals surface area contributed by atoms with E-state index >= 15 is 0 Å². The maximum absolute atomic E-state index is 13.3. The Morgan fingerprint density at radius 2 is 1.75 bits per heavy atom. The van der Waals surface area contributed by atoms with Gasteiger partial charge >= 0.3 is 6.03 Å². The fourth-order valence-corrected chi connectivity index (χ4v) is 4.08. The molecule has 1 heterocycles. The van der Waals surface area contributed by atoms with E-state index in [4.69, 9.17) is 4.74 Å². The van der Waals surface area contributed by atoms with Crippen molar-refractivity contribution in [3.05, 3.63) is 102 Å². The van der Waals surface area contributed by atoms with Crippen LogP contribution in [0, 0.1) is 17.0 Å². The summed E-state index contributed by atoms with van der Waals surface area (Å²) < 4.78 is 7.38. The van der Waals surface area contributed by atoms with Crippen molar-refractivity contribution < 1.29 is 24.0 Å². The Morgan fingerprint density at radius 1 is 1.03 bits per heavy atom. The number of nitro benzene ring substituents is 1. The number of urea groups is 1. The van der Waals surface area contributed by atoms with Crippen molar-refractivity contribution >= 4 is 67.2 Å². The van der Waals surface area contributed by atoms with Gasteiger partial charge < -0.3 is 4.74 Å². The molecule has 0 aromatic heterocycles. The van der Waals surface area contributed by atoms with E-state index in [1.165, 1.54) is 18.2 Å². The van der Waals surface area contributed by atoms with E-state index in [0.717, 1.165) is 14.9 Å². The van der Waals surface area contributed by atoms with Gasteiger partial charge in [-0.25, -0.2) is 9.69 Å². The fourth-order valence-electron chi connectivity index (χ4n) is 3.45. The molecular formula is C25H17Br2N3O6. The number of nitro groups is 1. The van der Waals surface area contributed by atoms with Crippen molar-refractivity contribution in [3.8, 4) is 5.75 Å². The summed E-state index contributed by atoms with van der Waals surface area (Å²) in [4.78, 5) is 49.7. The van der Waals surface area contributed by atoms with Gasteiger partial charge in [0, 0.05) is 26.6 Å². The number of hydrogen-bond acceptors (Lipinski definition) is 6. The van der Waals surface area contributed by atoms with Gasteiger partial charge in [-0.3, -0.25) is 25.0 Å². The fraction of sp³-hybridized carbons (Fsp3) is 0.0800. The lowest BCUT2D eigenvalue weighted by Crippen LogP contribution is -2.54. The number of carbonyl (C=O) groups is 3. The Hall–Kier alpha value is -3.83. The van der Waals surface area contributed by atoms with Gasteiger partial charge in [0.15, 0.2) is 0 Å². The molecule has 36 heavy (non-hydrogen) atoms. The van der Waals surface area contributed by atoms with Crippen LogP contribution < -0.4 is 15.0 Å². The van der Waals surface area contributed by atoms with Gasteiger partial charge in [-0.1, -0.05) is 31.9 Å². The minimum Gasteiger partial charge on any atom is -0.488 e. The Labute approximate surface area is 222 Å². The number of benzene rings is 3. The molecule has 4 rings (SSSR count). The van der Waals surface area contributed by atoms with Crippen LogP contribution in [-0.4, -0.2) is 22.8 Å². The van der Waals surface area contributed by atoms with E-state index in [-0.39, 0.29) is 17.9 Å². The third kappa shape index (κ3) is 5.37. The predicted molar refractivity (Wildman–Crippen MR) is 139 cm³/mol. The molecule has 4 amide bonds. The second-order valence-corrected chi connectivity index (χ2v) is 9.56. The summed E-state index contributed by atoms with van der Waals surface area (Å²) in [7, 11) is 0. The van der Waals surface area contributed by atoms with Gasteiger partial charge in [0.25, 0.3) is 17.5 Å². The lowest BCUT2D eigenvalue weighted by atomic mass is 10.1. The number of carbonyl (C=O) groups excluding carboxylic acids is 3. The number of anilines is 1. The van der Waals surface area contributed by atoms with Crippen molar-refractivity contribution in [2.75, 3.05) is 4.90 Å². The monoisotopic (exact) mass is 613 g/mol. The summed E-state index contributed by atoms with van der Waals surface area (Å²) in [6, 6.07) is 15.1. The summed E-state index contributed by atoms with van der Waals surface area (Å²) in [6.07, 6.45) is 1.36. The molecule has 1 fully saturated rings. The minimum absolute atomic E-state index is 0.0327. The van der Waals surface area contributed by atoms with E-state index in [1.54, 1.807) is 48.5 Å². The highest BCUT2D eigenvalue weighted by molar-refractivity contribution is 9.10. The number of hydrogen-bond donors (Lipinski definition) is 1. The number of non-ortho nitro benzene ring substituents is 1. The van der Waals surface area contributed by atoms with Crippen molar-refractivity contribution in [3.63, 3.8) is 0 Å². The van der Waals surface area contributed by atoms with Crippen molar-refractivity contribution in [1.82, 2.24) is 5.32 Å². The molecule has 3 aromatic carbocycles. The van der Waals surface area contributed by atoms with Crippen LogP contribution in [0.4, 0.5) is 16.2 Å². The molecule has 0 atom stereocenters. The minimum atomic E-state index is -0.840. The Kier molecular flexibility index (Phi) is 7.32. The molecule has 0 bridgehead atoms. The van der Waals surface area contributed by atoms with Crippen LogP contribution in [-0.2, 0) is 16.2 Å². The first-order valence-electron chi connectivity index (χ1n) is 10.5. The Balaban J connectivity index is 1.64. The first-order chi connectivity index (χ1) is 17.1. The number of nitrogens with zero attached hydrogens (tertiary/aromatic N) is 2. The molecule has 0 unspecified atom stereocenters. The highest BCUT2D eigenvalue weighted by Gasteiger charge is 2.37. The van der Waals surface area contributed by atoms with Crippen LogP contribution in [0.3, 0.4) is 0 Å². The van der Waals surface area contributed by atoms with Crippen LogP contribution >= 0.6 is 31.9 Å². The Bertz CT molecular complexity index is 1440. The smallest absolute Gasteiger partial charge is 0.335 e.